The van der Waals surface area contributed by atoms with Crippen LogP contribution in [0.5, 0.6) is 0 Å². The number of aliphatic carboxylic acids is 1. The van der Waals surface area contributed by atoms with E-state index in [9.17, 15) is 19.5 Å². The van der Waals surface area contributed by atoms with Crippen LogP contribution in [0.3, 0.4) is 0 Å². The maximum Gasteiger partial charge on any atom is 0.326 e. The molecule has 0 bridgehead atoms. The molecule has 2 amide bonds. The largest absolute Gasteiger partial charge is 0.480 e. The van der Waals surface area contributed by atoms with Gasteiger partial charge in [-0.25, -0.2) is 9.78 Å². The predicted octanol–water partition coefficient (Wildman–Crippen LogP) is -1.08. The minimum Gasteiger partial charge on any atom is -0.480 e. The summed E-state index contributed by atoms with van der Waals surface area (Å²) >= 11 is 4.03. The molecule has 0 aliphatic carbocycles. The van der Waals surface area contributed by atoms with Gasteiger partial charge in [-0.2, -0.15) is 12.6 Å². The second-order valence-electron chi connectivity index (χ2n) is 5.69. The number of carboxylic acids is 1. The topological polar surface area (TPSA) is 150 Å². The first-order valence-electron chi connectivity index (χ1n) is 7.43. The number of carbonyl (C=O) groups excluding carboxylic acids is 2. The van der Waals surface area contributed by atoms with Gasteiger partial charge in [-0.15, -0.1) is 0 Å². The van der Waals surface area contributed by atoms with Crippen LogP contribution in [0.1, 0.15) is 19.5 Å². The summed E-state index contributed by atoms with van der Waals surface area (Å²) in [4.78, 5) is 42.1. The number of H-pyrrole nitrogens is 1. The maximum absolute atomic E-state index is 12.2. The molecule has 0 radical (unpaired) electrons. The summed E-state index contributed by atoms with van der Waals surface area (Å²) in [6, 6.07) is -2.90. The quantitative estimate of drug-likeness (QED) is 0.309. The lowest BCUT2D eigenvalue weighted by Gasteiger charge is -2.22. The molecular formula is C14H23N5O4S. The van der Waals surface area contributed by atoms with E-state index in [4.69, 9.17) is 5.73 Å². The Labute approximate surface area is 145 Å². The number of nitrogens with two attached hydrogens (primary N) is 1. The highest BCUT2D eigenvalue weighted by Gasteiger charge is 2.28. The third-order valence-corrected chi connectivity index (χ3v) is 3.80. The number of aromatic nitrogens is 2. The van der Waals surface area contributed by atoms with E-state index in [1.807, 2.05) is 0 Å². The third-order valence-electron chi connectivity index (χ3n) is 3.43. The van der Waals surface area contributed by atoms with Crippen molar-refractivity contribution in [3.05, 3.63) is 18.2 Å². The minimum absolute atomic E-state index is 0.0127. The van der Waals surface area contributed by atoms with Crippen LogP contribution in [0.25, 0.3) is 0 Å². The molecule has 3 unspecified atom stereocenters. The Morgan fingerprint density at radius 1 is 1.29 bits per heavy atom. The molecular weight excluding hydrogens is 334 g/mol. The highest BCUT2D eigenvalue weighted by molar-refractivity contribution is 7.80. The minimum atomic E-state index is -1.19. The van der Waals surface area contributed by atoms with Crippen molar-refractivity contribution in [3.63, 3.8) is 0 Å². The van der Waals surface area contributed by atoms with Gasteiger partial charge in [-0.3, -0.25) is 9.59 Å². The molecule has 0 aliphatic rings. The van der Waals surface area contributed by atoms with Crippen molar-refractivity contribution in [3.8, 4) is 0 Å². The molecule has 3 atom stereocenters. The number of carbonyl (C=O) groups is 3. The molecule has 0 saturated carbocycles. The van der Waals surface area contributed by atoms with E-state index < -0.39 is 35.9 Å². The summed E-state index contributed by atoms with van der Waals surface area (Å²) in [5, 5.41) is 14.1. The molecule has 0 fully saturated rings. The van der Waals surface area contributed by atoms with Crippen LogP contribution in [0.4, 0.5) is 0 Å². The Hall–Kier alpha value is -2.07. The molecule has 1 aromatic heterocycles. The van der Waals surface area contributed by atoms with Crippen LogP contribution in [0.15, 0.2) is 12.5 Å². The van der Waals surface area contributed by atoms with Crippen LogP contribution in [0.2, 0.25) is 0 Å². The van der Waals surface area contributed by atoms with Gasteiger partial charge < -0.3 is 26.5 Å². The Morgan fingerprint density at radius 3 is 2.38 bits per heavy atom. The van der Waals surface area contributed by atoms with Crippen LogP contribution in [0, 0.1) is 5.92 Å². The number of thiol groups is 1. The lowest BCUT2D eigenvalue weighted by molar-refractivity contribution is -0.142. The van der Waals surface area contributed by atoms with Crippen molar-refractivity contribution in [1.82, 2.24) is 20.6 Å². The number of aromatic amines is 1. The molecule has 0 aromatic carbocycles. The zero-order valence-electron chi connectivity index (χ0n) is 13.5. The Morgan fingerprint density at radius 2 is 1.92 bits per heavy atom. The lowest BCUT2D eigenvalue weighted by Crippen LogP contribution is -2.56. The fraction of sp³-hybridized carbons (Fsp3) is 0.571. The summed E-state index contributed by atoms with van der Waals surface area (Å²) in [6.45, 7) is 3.57. The molecule has 10 heteroatoms. The number of amides is 2. The first-order valence-corrected chi connectivity index (χ1v) is 8.06. The second-order valence-corrected chi connectivity index (χ2v) is 6.06. The molecule has 1 aromatic rings. The summed E-state index contributed by atoms with van der Waals surface area (Å²) in [5.41, 5.74) is 6.29. The van der Waals surface area contributed by atoms with Gasteiger partial charge in [-0.1, -0.05) is 13.8 Å². The van der Waals surface area contributed by atoms with Gasteiger partial charge >= 0.3 is 5.97 Å². The normalized spacial score (nSPS) is 14.7. The van der Waals surface area contributed by atoms with E-state index in [2.05, 4.69) is 33.2 Å². The fourth-order valence-electron chi connectivity index (χ4n) is 1.85. The number of nitrogens with zero attached hydrogens (tertiary/aromatic N) is 1. The molecule has 134 valence electrons. The van der Waals surface area contributed by atoms with Crippen molar-refractivity contribution >= 4 is 30.4 Å². The summed E-state index contributed by atoms with van der Waals surface area (Å²) < 4.78 is 0. The van der Waals surface area contributed by atoms with Gasteiger partial charge in [0.1, 0.15) is 12.1 Å². The molecule has 6 N–H and O–H groups in total. The number of hydrogen-bond acceptors (Lipinski definition) is 6. The Kier molecular flexibility index (Phi) is 7.72. The van der Waals surface area contributed by atoms with Crippen molar-refractivity contribution in [1.29, 1.82) is 0 Å². The number of imidazole rings is 1. The first-order chi connectivity index (χ1) is 11.3. The van der Waals surface area contributed by atoms with Crippen molar-refractivity contribution in [2.45, 2.75) is 38.4 Å². The second kappa shape index (κ2) is 9.28. The van der Waals surface area contributed by atoms with Crippen molar-refractivity contribution in [2.24, 2.45) is 11.7 Å². The third kappa shape index (κ3) is 5.85. The SMILES string of the molecule is CC(C)C(N)C(=O)NC(CS)C(=O)NC(Cc1cnc[nH]1)C(=O)O. The standard InChI is InChI=1S/C14H23N5O4S/c1-7(2)11(15)13(21)19-10(5-24)12(20)18-9(14(22)23)3-8-4-16-6-17-8/h4,6-7,9-11,24H,3,5,15H2,1-2H3,(H,16,17)(H,18,20)(H,19,21)(H,22,23). The Bertz CT molecular complexity index is 564. The van der Waals surface area contributed by atoms with Gasteiger partial charge in [0.15, 0.2) is 0 Å². The van der Waals surface area contributed by atoms with Gasteiger partial charge in [0.05, 0.1) is 12.4 Å². The highest BCUT2D eigenvalue weighted by Crippen LogP contribution is 2.02. The lowest BCUT2D eigenvalue weighted by atomic mass is 10.0. The molecule has 1 rings (SSSR count). The van der Waals surface area contributed by atoms with Gasteiger partial charge in [-0.05, 0) is 5.92 Å². The number of rotatable bonds is 9. The molecule has 9 nitrogen and oxygen atoms in total. The van der Waals surface area contributed by atoms with Gasteiger partial charge in [0.2, 0.25) is 11.8 Å². The predicted molar refractivity (Wildman–Crippen MR) is 90.5 cm³/mol. The van der Waals surface area contributed by atoms with Gasteiger partial charge in [0.25, 0.3) is 0 Å². The average Bonchev–Trinajstić information content (AvgIpc) is 3.03. The summed E-state index contributed by atoms with van der Waals surface area (Å²) in [7, 11) is 0. The average molecular weight is 357 g/mol. The van der Waals surface area contributed by atoms with Gasteiger partial charge in [0, 0.05) is 24.1 Å². The zero-order valence-corrected chi connectivity index (χ0v) is 14.4. The maximum atomic E-state index is 12.2. The van der Waals surface area contributed by atoms with Crippen molar-refractivity contribution in [2.75, 3.05) is 5.75 Å². The van der Waals surface area contributed by atoms with Crippen molar-refractivity contribution < 1.29 is 19.5 Å². The Balaban J connectivity index is 2.69. The smallest absolute Gasteiger partial charge is 0.326 e. The highest BCUT2D eigenvalue weighted by atomic mass is 32.1. The number of nitrogens with one attached hydrogen (secondary N) is 3. The summed E-state index contributed by atoms with van der Waals surface area (Å²) in [5.74, 6) is -2.40. The van der Waals surface area contributed by atoms with Crippen LogP contribution in [-0.2, 0) is 20.8 Å². The van der Waals surface area contributed by atoms with Crippen LogP contribution < -0.4 is 16.4 Å². The van der Waals surface area contributed by atoms with E-state index >= 15 is 0 Å². The number of hydrogen-bond donors (Lipinski definition) is 6. The first kappa shape index (κ1) is 20.0. The number of carboxylic acid groups (broad SMARTS) is 1. The molecule has 0 aliphatic heterocycles. The zero-order chi connectivity index (χ0) is 18.3. The van der Waals surface area contributed by atoms with Crippen LogP contribution in [-0.4, -0.2) is 56.7 Å². The molecule has 0 saturated heterocycles. The summed E-state index contributed by atoms with van der Waals surface area (Å²) in [6.07, 6.45) is 2.93. The van der Waals surface area contributed by atoms with E-state index in [1.165, 1.54) is 12.5 Å². The van der Waals surface area contributed by atoms with E-state index in [0.29, 0.717) is 5.69 Å². The van der Waals surface area contributed by atoms with E-state index in [0.717, 1.165) is 0 Å². The molecule has 0 spiro atoms. The monoisotopic (exact) mass is 357 g/mol. The molecule has 1 heterocycles. The van der Waals surface area contributed by atoms with E-state index in [1.54, 1.807) is 13.8 Å². The van der Waals surface area contributed by atoms with E-state index in [-0.39, 0.29) is 18.1 Å². The molecule has 24 heavy (non-hydrogen) atoms. The fourth-order valence-corrected chi connectivity index (χ4v) is 2.11. The van der Waals surface area contributed by atoms with Crippen LogP contribution >= 0.6 is 12.6 Å².